The molecule has 0 heterocycles. The molecule has 31 heavy (non-hydrogen) atoms. The van der Waals surface area contributed by atoms with Crippen LogP contribution in [0.1, 0.15) is 25.3 Å². The molecule has 170 valence electrons. The molecule has 0 aliphatic heterocycles. The summed E-state index contributed by atoms with van der Waals surface area (Å²) in [5, 5.41) is 25.2. The summed E-state index contributed by atoms with van der Waals surface area (Å²) >= 11 is 0. The molecule has 1 aromatic rings. The maximum Gasteiger partial charge on any atom is 0.322 e. The molecule has 0 unspecified atom stereocenters. The Morgan fingerprint density at radius 2 is 1.55 bits per heavy atom. The number of carboxylic acid groups (broad SMARTS) is 1. The quantitative estimate of drug-likeness (QED) is 0.189. The minimum absolute atomic E-state index is 0.00444. The number of aromatic hydroxyl groups is 1. The number of carboxylic acids is 1. The lowest BCUT2D eigenvalue weighted by atomic mass is 10.0. The van der Waals surface area contributed by atoms with Crippen molar-refractivity contribution in [1.29, 1.82) is 0 Å². The number of phenols is 1. The number of primary amides is 1. The number of hydrogen-bond donors (Lipinski definition) is 7. The van der Waals surface area contributed by atoms with Crippen molar-refractivity contribution in [2.45, 2.75) is 44.3 Å². The van der Waals surface area contributed by atoms with E-state index in [-0.39, 0.29) is 25.0 Å². The first-order valence-electron chi connectivity index (χ1n) is 9.41. The molecule has 1 aromatic carbocycles. The van der Waals surface area contributed by atoms with Crippen molar-refractivity contribution in [3.05, 3.63) is 29.8 Å². The van der Waals surface area contributed by atoms with Gasteiger partial charge in [-0.3, -0.25) is 24.0 Å². The Bertz CT molecular complexity index is 810. The molecule has 0 bridgehead atoms. The number of benzene rings is 1. The standard InChI is InChI=1S/C19H27N5O7/c1-10(20)17(29)23-13(6-7-15(21)26)19(31)24-14(18(30)22-9-16(27)28)8-11-2-4-12(25)5-3-11/h2-5,10,13-14,25H,6-9,20H2,1H3,(H2,21,26)(H,22,30)(H,23,29)(H,24,31)(H,27,28)/t10-,13-,14-/m0/s1. The van der Waals surface area contributed by atoms with E-state index in [0.717, 1.165) is 0 Å². The zero-order chi connectivity index (χ0) is 23.6. The minimum atomic E-state index is -1.27. The van der Waals surface area contributed by atoms with E-state index >= 15 is 0 Å². The highest BCUT2D eigenvalue weighted by molar-refractivity contribution is 5.94. The van der Waals surface area contributed by atoms with Crippen LogP contribution in [-0.2, 0) is 30.4 Å². The maximum absolute atomic E-state index is 12.8. The second kappa shape index (κ2) is 12.1. The molecule has 0 saturated carbocycles. The molecule has 4 amide bonds. The van der Waals surface area contributed by atoms with Crippen LogP contribution in [0.5, 0.6) is 5.75 Å². The Morgan fingerprint density at radius 1 is 0.968 bits per heavy atom. The van der Waals surface area contributed by atoms with Gasteiger partial charge in [0.1, 0.15) is 24.4 Å². The van der Waals surface area contributed by atoms with Crippen LogP contribution < -0.4 is 27.4 Å². The van der Waals surface area contributed by atoms with E-state index in [4.69, 9.17) is 16.6 Å². The van der Waals surface area contributed by atoms with Crippen LogP contribution in [-0.4, -0.2) is 64.5 Å². The summed E-state index contributed by atoms with van der Waals surface area (Å²) in [4.78, 5) is 59.0. The van der Waals surface area contributed by atoms with E-state index in [9.17, 15) is 29.1 Å². The molecule has 12 heteroatoms. The number of aliphatic carboxylic acids is 1. The highest BCUT2D eigenvalue weighted by Crippen LogP contribution is 2.12. The predicted molar refractivity (Wildman–Crippen MR) is 108 cm³/mol. The summed E-state index contributed by atoms with van der Waals surface area (Å²) < 4.78 is 0. The van der Waals surface area contributed by atoms with Crippen molar-refractivity contribution in [1.82, 2.24) is 16.0 Å². The van der Waals surface area contributed by atoms with Crippen molar-refractivity contribution < 1.29 is 34.2 Å². The largest absolute Gasteiger partial charge is 0.508 e. The smallest absolute Gasteiger partial charge is 0.322 e. The van der Waals surface area contributed by atoms with Gasteiger partial charge in [0.2, 0.25) is 23.6 Å². The van der Waals surface area contributed by atoms with Crippen molar-refractivity contribution in [3.63, 3.8) is 0 Å². The Morgan fingerprint density at radius 3 is 2.06 bits per heavy atom. The van der Waals surface area contributed by atoms with Gasteiger partial charge >= 0.3 is 5.97 Å². The molecule has 12 nitrogen and oxygen atoms in total. The van der Waals surface area contributed by atoms with Crippen molar-refractivity contribution >= 4 is 29.6 Å². The molecule has 0 aliphatic rings. The lowest BCUT2D eigenvalue weighted by Crippen LogP contribution is -2.56. The second-order valence-electron chi connectivity index (χ2n) is 6.90. The summed E-state index contributed by atoms with van der Waals surface area (Å²) in [5.74, 6) is -4.14. The first-order valence-corrected chi connectivity index (χ1v) is 9.41. The van der Waals surface area contributed by atoms with Crippen molar-refractivity contribution in [3.8, 4) is 5.75 Å². The number of phenolic OH excluding ortho intramolecular Hbond substituents is 1. The third kappa shape index (κ3) is 9.58. The predicted octanol–water partition coefficient (Wildman–Crippen LogP) is -2.28. The van der Waals surface area contributed by atoms with Crippen molar-refractivity contribution in [2.75, 3.05) is 6.54 Å². The minimum Gasteiger partial charge on any atom is -0.508 e. The number of hydrogen-bond acceptors (Lipinski definition) is 7. The fraction of sp³-hybridized carbons (Fsp3) is 0.421. The fourth-order valence-electron chi connectivity index (χ4n) is 2.49. The van der Waals surface area contributed by atoms with Crippen LogP contribution in [0.2, 0.25) is 0 Å². The molecular formula is C19H27N5O7. The van der Waals surface area contributed by atoms with E-state index in [1.807, 2.05) is 0 Å². The molecule has 0 aromatic heterocycles. The monoisotopic (exact) mass is 437 g/mol. The third-order valence-corrected chi connectivity index (χ3v) is 4.15. The SMILES string of the molecule is C[C@H](N)C(=O)N[C@@H](CCC(N)=O)C(=O)N[C@@H](Cc1ccc(O)cc1)C(=O)NCC(=O)O. The van der Waals surface area contributed by atoms with Crippen LogP contribution in [0.15, 0.2) is 24.3 Å². The van der Waals surface area contributed by atoms with Crippen LogP contribution in [0.3, 0.4) is 0 Å². The second-order valence-corrected chi connectivity index (χ2v) is 6.90. The van der Waals surface area contributed by atoms with E-state index in [1.54, 1.807) is 0 Å². The van der Waals surface area contributed by atoms with Gasteiger partial charge in [0.25, 0.3) is 0 Å². The van der Waals surface area contributed by atoms with Gasteiger partial charge in [-0.25, -0.2) is 0 Å². The molecule has 1 rings (SSSR count). The fourth-order valence-corrected chi connectivity index (χ4v) is 2.49. The number of carbonyl (C=O) groups excluding carboxylic acids is 4. The molecule has 0 aliphatic carbocycles. The van der Waals surface area contributed by atoms with E-state index in [1.165, 1.54) is 31.2 Å². The molecule has 0 spiro atoms. The van der Waals surface area contributed by atoms with Gasteiger partial charge in [0.15, 0.2) is 0 Å². The first kappa shape index (κ1) is 25.4. The summed E-state index contributed by atoms with van der Waals surface area (Å²) in [6.45, 7) is 0.749. The molecule has 0 saturated heterocycles. The summed E-state index contributed by atoms with van der Waals surface area (Å²) in [6, 6.07) is 2.53. The van der Waals surface area contributed by atoms with Crippen LogP contribution in [0.25, 0.3) is 0 Å². The number of carbonyl (C=O) groups is 5. The first-order chi connectivity index (χ1) is 14.5. The normalized spacial score (nSPS) is 13.4. The molecule has 0 fully saturated rings. The zero-order valence-corrected chi connectivity index (χ0v) is 17.0. The average molecular weight is 437 g/mol. The number of nitrogens with one attached hydrogen (secondary N) is 3. The Kier molecular flexibility index (Phi) is 9.92. The van der Waals surface area contributed by atoms with E-state index in [2.05, 4.69) is 16.0 Å². The summed E-state index contributed by atoms with van der Waals surface area (Å²) in [5.41, 5.74) is 11.2. The lowest BCUT2D eigenvalue weighted by Gasteiger charge is -2.23. The van der Waals surface area contributed by atoms with Gasteiger partial charge in [-0.1, -0.05) is 12.1 Å². The lowest BCUT2D eigenvalue weighted by molar-refractivity contribution is -0.138. The van der Waals surface area contributed by atoms with E-state index in [0.29, 0.717) is 5.56 Å². The molecular weight excluding hydrogens is 410 g/mol. The Balaban J connectivity index is 3.01. The topological polar surface area (TPSA) is 214 Å². The van der Waals surface area contributed by atoms with Crippen LogP contribution >= 0.6 is 0 Å². The van der Waals surface area contributed by atoms with E-state index < -0.39 is 54.3 Å². The van der Waals surface area contributed by atoms with Gasteiger partial charge in [0.05, 0.1) is 6.04 Å². The van der Waals surface area contributed by atoms with Gasteiger partial charge < -0.3 is 37.6 Å². The van der Waals surface area contributed by atoms with Gasteiger partial charge in [-0.15, -0.1) is 0 Å². The average Bonchev–Trinajstić information content (AvgIpc) is 2.69. The van der Waals surface area contributed by atoms with Gasteiger partial charge in [-0.05, 0) is 31.0 Å². The summed E-state index contributed by atoms with van der Waals surface area (Å²) in [6.07, 6.45) is -0.352. The van der Waals surface area contributed by atoms with Gasteiger partial charge in [-0.2, -0.15) is 0 Å². The molecule has 0 radical (unpaired) electrons. The number of nitrogens with two attached hydrogens (primary N) is 2. The number of amides is 4. The zero-order valence-electron chi connectivity index (χ0n) is 17.0. The Hall–Kier alpha value is -3.67. The summed E-state index contributed by atoms with van der Waals surface area (Å²) in [7, 11) is 0. The maximum atomic E-state index is 12.8. The third-order valence-electron chi connectivity index (χ3n) is 4.15. The number of rotatable bonds is 12. The highest BCUT2D eigenvalue weighted by Gasteiger charge is 2.28. The molecule has 3 atom stereocenters. The van der Waals surface area contributed by atoms with Crippen molar-refractivity contribution in [2.24, 2.45) is 11.5 Å². The Labute approximate surface area is 178 Å². The molecule has 9 N–H and O–H groups in total. The van der Waals surface area contributed by atoms with Crippen LogP contribution in [0, 0.1) is 0 Å². The van der Waals surface area contributed by atoms with Gasteiger partial charge in [0, 0.05) is 12.8 Å². The van der Waals surface area contributed by atoms with Crippen LogP contribution in [0.4, 0.5) is 0 Å². The highest BCUT2D eigenvalue weighted by atomic mass is 16.4.